The SMILES string of the molecule is CCC.c1ccc2nccnc2c1. The minimum atomic E-state index is 0.949. The van der Waals surface area contributed by atoms with E-state index in [1.165, 1.54) is 6.42 Å². The molecule has 0 aliphatic rings. The molecule has 68 valence electrons. The molecule has 0 amide bonds. The summed E-state index contributed by atoms with van der Waals surface area (Å²) in [7, 11) is 0. The molecule has 13 heavy (non-hydrogen) atoms. The molecule has 0 radical (unpaired) electrons. The minimum Gasteiger partial charge on any atom is -0.253 e. The highest BCUT2D eigenvalue weighted by Crippen LogP contribution is 2.04. The summed E-state index contributed by atoms with van der Waals surface area (Å²) in [6, 6.07) is 7.80. The van der Waals surface area contributed by atoms with E-state index in [0.717, 1.165) is 11.0 Å². The van der Waals surface area contributed by atoms with Gasteiger partial charge in [0.2, 0.25) is 0 Å². The van der Waals surface area contributed by atoms with Gasteiger partial charge in [-0.25, -0.2) is 0 Å². The molecule has 1 aromatic heterocycles. The molecule has 0 fully saturated rings. The van der Waals surface area contributed by atoms with Crippen molar-refractivity contribution in [2.24, 2.45) is 0 Å². The molecule has 0 atom stereocenters. The van der Waals surface area contributed by atoms with Crippen LogP contribution in [0.5, 0.6) is 0 Å². The Morgan fingerprint density at radius 2 is 1.31 bits per heavy atom. The lowest BCUT2D eigenvalue weighted by Gasteiger charge is -1.90. The van der Waals surface area contributed by atoms with Crippen molar-refractivity contribution in [2.45, 2.75) is 20.3 Å². The molecule has 0 aliphatic heterocycles. The Labute approximate surface area is 78.7 Å². The van der Waals surface area contributed by atoms with Crippen LogP contribution in [-0.4, -0.2) is 9.97 Å². The van der Waals surface area contributed by atoms with Crippen molar-refractivity contribution < 1.29 is 0 Å². The average Bonchev–Trinajstić information content (AvgIpc) is 2.19. The maximum atomic E-state index is 4.12. The van der Waals surface area contributed by atoms with Gasteiger partial charge >= 0.3 is 0 Å². The van der Waals surface area contributed by atoms with Gasteiger partial charge in [0.15, 0.2) is 0 Å². The summed E-state index contributed by atoms with van der Waals surface area (Å²) < 4.78 is 0. The van der Waals surface area contributed by atoms with Crippen LogP contribution in [0.1, 0.15) is 20.3 Å². The third kappa shape index (κ3) is 2.82. The maximum absolute atomic E-state index is 4.12. The fraction of sp³-hybridized carbons (Fsp3) is 0.273. The van der Waals surface area contributed by atoms with Gasteiger partial charge in [-0.05, 0) is 12.1 Å². The van der Waals surface area contributed by atoms with E-state index in [1.807, 2.05) is 24.3 Å². The molecule has 2 aromatic rings. The van der Waals surface area contributed by atoms with Gasteiger partial charge in [0.25, 0.3) is 0 Å². The molecule has 2 nitrogen and oxygen atoms in total. The molecule has 0 saturated carbocycles. The number of aromatic nitrogens is 2. The first-order chi connectivity index (χ1) is 6.38. The van der Waals surface area contributed by atoms with Crippen molar-refractivity contribution in [3.8, 4) is 0 Å². The van der Waals surface area contributed by atoms with E-state index in [4.69, 9.17) is 0 Å². The summed E-state index contributed by atoms with van der Waals surface area (Å²) in [6.07, 6.45) is 4.64. The van der Waals surface area contributed by atoms with Crippen LogP contribution in [-0.2, 0) is 0 Å². The van der Waals surface area contributed by atoms with Crippen LogP contribution in [0.3, 0.4) is 0 Å². The third-order valence-electron chi connectivity index (χ3n) is 1.38. The second-order valence-corrected chi connectivity index (χ2v) is 2.75. The molecular formula is C11H14N2. The predicted molar refractivity (Wildman–Crippen MR) is 55.5 cm³/mol. The van der Waals surface area contributed by atoms with Gasteiger partial charge < -0.3 is 0 Å². The van der Waals surface area contributed by atoms with Crippen LogP contribution >= 0.6 is 0 Å². The molecule has 0 bridgehead atoms. The third-order valence-corrected chi connectivity index (χ3v) is 1.38. The standard InChI is InChI=1S/C8H6N2.C3H8/c1-2-4-8-7(3-1)9-5-6-10-8;1-3-2/h1-6H;3H2,1-2H3. The van der Waals surface area contributed by atoms with Gasteiger partial charge in [0.1, 0.15) is 0 Å². The lowest BCUT2D eigenvalue weighted by molar-refractivity contribution is 1.09. The van der Waals surface area contributed by atoms with E-state index >= 15 is 0 Å². The fourth-order valence-corrected chi connectivity index (χ4v) is 0.910. The van der Waals surface area contributed by atoms with Crippen molar-refractivity contribution >= 4 is 11.0 Å². The lowest BCUT2D eigenvalue weighted by atomic mass is 10.3. The zero-order valence-electron chi connectivity index (χ0n) is 8.07. The van der Waals surface area contributed by atoms with Crippen LogP contribution in [0.4, 0.5) is 0 Å². The van der Waals surface area contributed by atoms with Crippen molar-refractivity contribution in [3.05, 3.63) is 36.7 Å². The van der Waals surface area contributed by atoms with Crippen LogP contribution < -0.4 is 0 Å². The topological polar surface area (TPSA) is 25.8 Å². The van der Waals surface area contributed by atoms with Crippen molar-refractivity contribution in [1.29, 1.82) is 0 Å². The number of hydrogen-bond donors (Lipinski definition) is 0. The van der Waals surface area contributed by atoms with E-state index in [0.29, 0.717) is 0 Å². The Morgan fingerprint density at radius 1 is 0.923 bits per heavy atom. The molecule has 0 aliphatic carbocycles. The summed E-state index contributed by atoms with van der Waals surface area (Å²) in [4.78, 5) is 8.24. The van der Waals surface area contributed by atoms with E-state index < -0.39 is 0 Å². The number of hydrogen-bond acceptors (Lipinski definition) is 2. The van der Waals surface area contributed by atoms with Gasteiger partial charge in [-0.2, -0.15) is 0 Å². The Hall–Kier alpha value is -1.44. The summed E-state index contributed by atoms with van der Waals surface area (Å²) in [5.41, 5.74) is 1.90. The molecule has 0 saturated heterocycles. The number of rotatable bonds is 0. The molecule has 0 spiro atoms. The van der Waals surface area contributed by atoms with E-state index in [2.05, 4.69) is 23.8 Å². The molecule has 2 rings (SSSR count). The summed E-state index contributed by atoms with van der Waals surface area (Å²) in [5, 5.41) is 0. The molecule has 0 unspecified atom stereocenters. The molecular weight excluding hydrogens is 160 g/mol. The number of para-hydroxylation sites is 2. The van der Waals surface area contributed by atoms with E-state index in [9.17, 15) is 0 Å². The highest BCUT2D eigenvalue weighted by molar-refractivity contribution is 5.72. The van der Waals surface area contributed by atoms with Gasteiger partial charge in [-0.1, -0.05) is 32.4 Å². The second kappa shape index (κ2) is 5.25. The van der Waals surface area contributed by atoms with Gasteiger partial charge in [0, 0.05) is 12.4 Å². The molecule has 0 N–H and O–H groups in total. The lowest BCUT2D eigenvalue weighted by Crippen LogP contribution is -1.78. The Kier molecular flexibility index (Phi) is 3.89. The Bertz CT molecular complexity index is 292. The van der Waals surface area contributed by atoms with Crippen molar-refractivity contribution in [3.63, 3.8) is 0 Å². The second-order valence-electron chi connectivity index (χ2n) is 2.75. The van der Waals surface area contributed by atoms with Gasteiger partial charge in [-0.3, -0.25) is 9.97 Å². The quantitative estimate of drug-likeness (QED) is 0.613. The largest absolute Gasteiger partial charge is 0.253 e. The van der Waals surface area contributed by atoms with E-state index in [1.54, 1.807) is 12.4 Å². The Balaban J connectivity index is 0.000000251. The Morgan fingerprint density at radius 3 is 1.69 bits per heavy atom. The monoisotopic (exact) mass is 174 g/mol. The predicted octanol–water partition coefficient (Wildman–Crippen LogP) is 3.05. The summed E-state index contributed by atoms with van der Waals surface area (Å²) in [6.45, 7) is 4.25. The summed E-state index contributed by atoms with van der Waals surface area (Å²) >= 11 is 0. The van der Waals surface area contributed by atoms with Crippen molar-refractivity contribution in [2.75, 3.05) is 0 Å². The number of benzene rings is 1. The van der Waals surface area contributed by atoms with Crippen LogP contribution in [0.25, 0.3) is 11.0 Å². The van der Waals surface area contributed by atoms with Crippen LogP contribution in [0, 0.1) is 0 Å². The van der Waals surface area contributed by atoms with E-state index in [-0.39, 0.29) is 0 Å². The first kappa shape index (κ1) is 9.65. The number of nitrogens with zero attached hydrogens (tertiary/aromatic N) is 2. The fourth-order valence-electron chi connectivity index (χ4n) is 0.910. The first-order valence-corrected chi connectivity index (χ1v) is 4.54. The molecule has 1 heterocycles. The highest BCUT2D eigenvalue weighted by atomic mass is 14.8. The van der Waals surface area contributed by atoms with Crippen molar-refractivity contribution in [1.82, 2.24) is 9.97 Å². The van der Waals surface area contributed by atoms with Gasteiger partial charge in [-0.15, -0.1) is 0 Å². The highest BCUT2D eigenvalue weighted by Gasteiger charge is 1.88. The average molecular weight is 174 g/mol. The van der Waals surface area contributed by atoms with Gasteiger partial charge in [0.05, 0.1) is 11.0 Å². The normalized spacial score (nSPS) is 9.08. The molecule has 1 aromatic carbocycles. The van der Waals surface area contributed by atoms with Crippen LogP contribution in [0.2, 0.25) is 0 Å². The first-order valence-electron chi connectivity index (χ1n) is 4.54. The zero-order valence-corrected chi connectivity index (χ0v) is 8.07. The minimum absolute atomic E-state index is 0.949. The smallest absolute Gasteiger partial charge is 0.0886 e. The van der Waals surface area contributed by atoms with Crippen LogP contribution in [0.15, 0.2) is 36.7 Å². The zero-order chi connectivity index (χ0) is 9.52. The molecule has 2 heteroatoms. The number of fused-ring (bicyclic) bond motifs is 1. The summed E-state index contributed by atoms with van der Waals surface area (Å²) in [5.74, 6) is 0. The maximum Gasteiger partial charge on any atom is 0.0886 e.